The molecule has 18 heavy (non-hydrogen) atoms. The minimum atomic E-state index is 0.0964. The van der Waals surface area contributed by atoms with E-state index in [4.69, 9.17) is 5.73 Å². The molecule has 4 heteroatoms. The Hall–Kier alpha value is -1.39. The van der Waals surface area contributed by atoms with Crippen molar-refractivity contribution in [1.82, 2.24) is 4.98 Å². The molecule has 0 aliphatic rings. The lowest BCUT2D eigenvalue weighted by atomic mass is 10.0. The van der Waals surface area contributed by atoms with Crippen LogP contribution in [0.3, 0.4) is 0 Å². The van der Waals surface area contributed by atoms with Crippen LogP contribution in [0.25, 0.3) is 0 Å². The van der Waals surface area contributed by atoms with E-state index in [0.29, 0.717) is 0 Å². The highest BCUT2D eigenvalue weighted by Gasteiger charge is 2.12. The summed E-state index contributed by atoms with van der Waals surface area (Å²) in [6.07, 6.45) is 0.946. The highest BCUT2D eigenvalue weighted by Crippen LogP contribution is 2.26. The fourth-order valence-electron chi connectivity index (χ4n) is 2.01. The lowest BCUT2D eigenvalue weighted by molar-refractivity contribution is 0.693. The van der Waals surface area contributed by atoms with Crippen molar-refractivity contribution in [3.63, 3.8) is 0 Å². The van der Waals surface area contributed by atoms with Gasteiger partial charge in [0.25, 0.3) is 0 Å². The summed E-state index contributed by atoms with van der Waals surface area (Å²) in [7, 11) is 2.08. The molecule has 0 bridgehead atoms. The van der Waals surface area contributed by atoms with Crippen molar-refractivity contribution >= 4 is 17.0 Å². The second-order valence-corrected chi connectivity index (χ2v) is 5.13. The average molecular weight is 261 g/mol. The van der Waals surface area contributed by atoms with E-state index < -0.39 is 0 Å². The van der Waals surface area contributed by atoms with Crippen LogP contribution in [0.1, 0.15) is 30.6 Å². The molecule has 0 saturated carbocycles. The molecule has 0 saturated heterocycles. The number of para-hydroxylation sites is 1. The zero-order valence-corrected chi connectivity index (χ0v) is 11.7. The summed E-state index contributed by atoms with van der Waals surface area (Å²) in [6.45, 7) is 2.93. The van der Waals surface area contributed by atoms with Crippen molar-refractivity contribution in [2.75, 3.05) is 11.9 Å². The molecule has 1 heterocycles. The van der Waals surface area contributed by atoms with E-state index in [2.05, 4.69) is 47.4 Å². The van der Waals surface area contributed by atoms with Crippen LogP contribution in [0.5, 0.6) is 0 Å². The number of hydrogen-bond acceptors (Lipinski definition) is 4. The Labute approximate surface area is 112 Å². The third kappa shape index (κ3) is 2.89. The molecule has 0 amide bonds. The Morgan fingerprint density at radius 3 is 2.83 bits per heavy atom. The highest BCUT2D eigenvalue weighted by molar-refractivity contribution is 7.07. The summed E-state index contributed by atoms with van der Waals surface area (Å²) in [5.41, 5.74) is 11.5. The van der Waals surface area contributed by atoms with E-state index in [1.54, 1.807) is 11.3 Å². The molecule has 0 spiro atoms. The molecule has 0 unspecified atom stereocenters. The van der Waals surface area contributed by atoms with E-state index in [1.807, 2.05) is 11.6 Å². The molecule has 2 rings (SSSR count). The summed E-state index contributed by atoms with van der Waals surface area (Å²) in [4.78, 5) is 6.53. The Morgan fingerprint density at radius 1 is 1.39 bits per heavy atom. The fraction of sp³-hybridized carbons (Fsp3) is 0.357. The number of anilines is 1. The van der Waals surface area contributed by atoms with Crippen molar-refractivity contribution in [3.05, 3.63) is 46.4 Å². The molecule has 96 valence electrons. The normalized spacial score (nSPS) is 12.4. The quantitative estimate of drug-likeness (QED) is 0.898. The summed E-state index contributed by atoms with van der Waals surface area (Å²) in [5.74, 6) is 0. The van der Waals surface area contributed by atoms with Gasteiger partial charge in [-0.1, -0.05) is 25.1 Å². The van der Waals surface area contributed by atoms with Gasteiger partial charge in [0.15, 0.2) is 0 Å². The van der Waals surface area contributed by atoms with Gasteiger partial charge in [-0.15, -0.1) is 11.3 Å². The second kappa shape index (κ2) is 5.98. The average Bonchev–Trinajstić information content (AvgIpc) is 2.90. The molecular formula is C14H19N3S. The number of aromatic nitrogens is 1. The van der Waals surface area contributed by atoms with Crippen LogP contribution in [0, 0.1) is 0 Å². The fourth-order valence-corrected chi connectivity index (χ4v) is 2.56. The van der Waals surface area contributed by atoms with Crippen molar-refractivity contribution in [2.24, 2.45) is 5.73 Å². The largest absolute Gasteiger partial charge is 0.368 e. The first-order valence-electron chi connectivity index (χ1n) is 6.15. The predicted molar refractivity (Wildman–Crippen MR) is 77.9 cm³/mol. The van der Waals surface area contributed by atoms with Gasteiger partial charge >= 0.3 is 0 Å². The lowest BCUT2D eigenvalue weighted by Gasteiger charge is -2.24. The molecule has 0 radical (unpaired) electrons. The van der Waals surface area contributed by atoms with Crippen LogP contribution >= 0.6 is 11.3 Å². The monoisotopic (exact) mass is 261 g/mol. The zero-order valence-electron chi connectivity index (χ0n) is 10.8. The lowest BCUT2D eigenvalue weighted by Crippen LogP contribution is -2.21. The van der Waals surface area contributed by atoms with Gasteiger partial charge in [-0.3, -0.25) is 0 Å². The first kappa shape index (κ1) is 13.1. The van der Waals surface area contributed by atoms with Crippen molar-refractivity contribution in [1.29, 1.82) is 0 Å². The Balaban J connectivity index is 2.21. The van der Waals surface area contributed by atoms with Gasteiger partial charge in [-0.05, 0) is 18.1 Å². The van der Waals surface area contributed by atoms with Crippen LogP contribution in [0.15, 0.2) is 35.2 Å². The molecule has 0 aliphatic heterocycles. The molecule has 1 aromatic carbocycles. The minimum absolute atomic E-state index is 0.0964. The molecule has 2 aromatic rings. The maximum absolute atomic E-state index is 6.17. The van der Waals surface area contributed by atoms with Gasteiger partial charge < -0.3 is 10.6 Å². The van der Waals surface area contributed by atoms with Gasteiger partial charge in [-0.25, -0.2) is 4.98 Å². The van der Waals surface area contributed by atoms with Crippen LogP contribution in [-0.4, -0.2) is 12.0 Å². The van der Waals surface area contributed by atoms with E-state index in [9.17, 15) is 0 Å². The summed E-state index contributed by atoms with van der Waals surface area (Å²) < 4.78 is 0. The van der Waals surface area contributed by atoms with Crippen LogP contribution in [0.4, 0.5) is 5.69 Å². The molecule has 3 nitrogen and oxygen atoms in total. The Morgan fingerprint density at radius 2 is 2.17 bits per heavy atom. The van der Waals surface area contributed by atoms with Crippen molar-refractivity contribution in [2.45, 2.75) is 25.9 Å². The molecule has 0 aliphatic carbocycles. The summed E-state index contributed by atoms with van der Waals surface area (Å²) in [6, 6.07) is 8.43. The minimum Gasteiger partial charge on any atom is -0.368 e. The van der Waals surface area contributed by atoms with Crippen LogP contribution in [0.2, 0.25) is 0 Å². The summed E-state index contributed by atoms with van der Waals surface area (Å²) in [5, 5.41) is 2.08. The van der Waals surface area contributed by atoms with E-state index in [0.717, 1.165) is 18.7 Å². The Bertz CT molecular complexity index is 482. The Kier molecular flexibility index (Phi) is 4.33. The summed E-state index contributed by atoms with van der Waals surface area (Å²) >= 11 is 1.63. The first-order chi connectivity index (χ1) is 8.72. The number of rotatable bonds is 5. The maximum Gasteiger partial charge on any atom is 0.0795 e. The van der Waals surface area contributed by atoms with Crippen LogP contribution < -0.4 is 10.6 Å². The first-order valence-corrected chi connectivity index (χ1v) is 7.09. The molecule has 2 N–H and O–H groups in total. The van der Waals surface area contributed by atoms with Gasteiger partial charge in [0.1, 0.15) is 0 Å². The third-order valence-electron chi connectivity index (χ3n) is 3.07. The number of nitrogens with zero attached hydrogens (tertiary/aromatic N) is 2. The number of benzene rings is 1. The maximum atomic E-state index is 6.17. The zero-order chi connectivity index (χ0) is 13.0. The highest BCUT2D eigenvalue weighted by atomic mass is 32.1. The standard InChI is InChI=1S/C14H19N3S/c1-3-13(15)12-6-4-5-7-14(12)17(2)8-11-9-18-10-16-11/h4-7,9-10,13H,3,8,15H2,1-2H3/t13-/m0/s1. The number of hydrogen-bond donors (Lipinski definition) is 1. The topological polar surface area (TPSA) is 42.1 Å². The van der Waals surface area contributed by atoms with Gasteiger partial charge in [0.2, 0.25) is 0 Å². The number of thiazole rings is 1. The molecule has 0 fully saturated rings. The smallest absolute Gasteiger partial charge is 0.0795 e. The van der Waals surface area contributed by atoms with Crippen molar-refractivity contribution < 1.29 is 0 Å². The van der Waals surface area contributed by atoms with Gasteiger partial charge in [0, 0.05) is 24.2 Å². The predicted octanol–water partition coefficient (Wildman–Crippen LogP) is 3.19. The van der Waals surface area contributed by atoms with E-state index in [-0.39, 0.29) is 6.04 Å². The van der Waals surface area contributed by atoms with Gasteiger partial charge in [0.05, 0.1) is 17.7 Å². The van der Waals surface area contributed by atoms with Crippen molar-refractivity contribution in [3.8, 4) is 0 Å². The molecular weight excluding hydrogens is 242 g/mol. The SMILES string of the molecule is CC[C@H](N)c1ccccc1N(C)Cc1cscn1. The van der Waals surface area contributed by atoms with E-state index in [1.165, 1.54) is 11.3 Å². The second-order valence-electron chi connectivity index (χ2n) is 4.41. The van der Waals surface area contributed by atoms with E-state index >= 15 is 0 Å². The van der Waals surface area contributed by atoms with Crippen LogP contribution in [-0.2, 0) is 6.54 Å². The third-order valence-corrected chi connectivity index (χ3v) is 3.71. The molecule has 1 atom stereocenters. The number of nitrogens with two attached hydrogens (primary N) is 1. The van der Waals surface area contributed by atoms with Gasteiger partial charge in [-0.2, -0.15) is 0 Å². The molecule has 1 aromatic heterocycles.